The number of allylic oxidation sites excluding steroid dienone is 1. The number of benzene rings is 3. The zero-order valence-electron chi connectivity index (χ0n) is 16.9. The van der Waals surface area contributed by atoms with Crippen molar-refractivity contribution in [1.82, 2.24) is 5.32 Å². The van der Waals surface area contributed by atoms with E-state index in [0.717, 1.165) is 23.5 Å². The predicted octanol–water partition coefficient (Wildman–Crippen LogP) is 5.65. The van der Waals surface area contributed by atoms with Crippen molar-refractivity contribution in [3.63, 3.8) is 0 Å². The van der Waals surface area contributed by atoms with Gasteiger partial charge in [-0.1, -0.05) is 66.2 Å². The lowest BCUT2D eigenvalue weighted by Crippen LogP contribution is -2.13. The molecule has 0 bridgehead atoms. The van der Waals surface area contributed by atoms with Gasteiger partial charge in [-0.3, -0.25) is 4.79 Å². The highest BCUT2D eigenvalue weighted by Crippen LogP contribution is 2.18. The Morgan fingerprint density at radius 3 is 2.21 bits per heavy atom. The monoisotopic (exact) mass is 382 g/mol. The zero-order valence-corrected chi connectivity index (χ0v) is 16.9. The van der Waals surface area contributed by atoms with Gasteiger partial charge in [0.1, 0.15) is 0 Å². The van der Waals surface area contributed by atoms with E-state index in [-0.39, 0.29) is 5.91 Å². The Kier molecular flexibility index (Phi) is 8.28. The summed E-state index contributed by atoms with van der Waals surface area (Å²) < 4.78 is 0. The Balaban J connectivity index is 0.00000145. The van der Waals surface area contributed by atoms with Crippen molar-refractivity contribution in [2.24, 2.45) is 0 Å². The molecule has 0 aliphatic carbocycles. The number of anilines is 1. The van der Waals surface area contributed by atoms with Crippen LogP contribution in [0.25, 0.3) is 5.70 Å². The topological polar surface area (TPSA) is 41.1 Å². The van der Waals surface area contributed by atoms with E-state index >= 15 is 0 Å². The highest BCUT2D eigenvalue weighted by Gasteiger charge is 2.07. The Morgan fingerprint density at radius 1 is 0.897 bits per heavy atom. The molecule has 0 saturated carbocycles. The van der Waals surface area contributed by atoms with Gasteiger partial charge in [0.2, 0.25) is 0 Å². The smallest absolute Gasteiger partial charge is 0.255 e. The molecule has 0 radical (unpaired) electrons. The summed E-state index contributed by atoms with van der Waals surface area (Å²) in [5.74, 6) is -0.109. The Hall–Kier alpha value is -3.77. The van der Waals surface area contributed by atoms with Crippen molar-refractivity contribution in [3.05, 3.63) is 107 Å². The van der Waals surface area contributed by atoms with Crippen molar-refractivity contribution in [3.8, 4) is 12.8 Å². The summed E-state index contributed by atoms with van der Waals surface area (Å²) in [6, 6.07) is 25.6. The molecular weight excluding hydrogens is 356 g/mol. The molecule has 0 spiro atoms. The third-order valence-corrected chi connectivity index (χ3v) is 4.36. The first-order chi connectivity index (χ1) is 14.2. The molecule has 29 heavy (non-hydrogen) atoms. The van der Waals surface area contributed by atoms with Crippen molar-refractivity contribution in [2.75, 3.05) is 5.32 Å². The quantitative estimate of drug-likeness (QED) is 0.541. The molecular formula is C26H26N2O. The molecule has 0 unspecified atom stereocenters. The first kappa shape index (κ1) is 21.5. The average Bonchev–Trinajstić information content (AvgIpc) is 2.78. The Bertz CT molecular complexity index is 970. The largest absolute Gasteiger partial charge is 0.381 e. The van der Waals surface area contributed by atoms with Crippen LogP contribution in [0.3, 0.4) is 0 Å². The summed E-state index contributed by atoms with van der Waals surface area (Å²) in [7, 11) is 0. The van der Waals surface area contributed by atoms with Crippen LogP contribution in [0.4, 0.5) is 5.69 Å². The number of hydrogen-bond donors (Lipinski definition) is 2. The van der Waals surface area contributed by atoms with Gasteiger partial charge in [-0.05, 0) is 49.2 Å². The number of carbonyl (C=O) groups is 1. The van der Waals surface area contributed by atoms with E-state index in [1.54, 1.807) is 12.1 Å². The van der Waals surface area contributed by atoms with Crippen LogP contribution >= 0.6 is 0 Å². The second kappa shape index (κ2) is 11.2. The molecule has 3 aromatic carbocycles. The summed E-state index contributed by atoms with van der Waals surface area (Å²) in [5, 5.41) is 6.45. The first-order valence-corrected chi connectivity index (χ1v) is 9.41. The van der Waals surface area contributed by atoms with Gasteiger partial charge in [-0.15, -0.1) is 12.8 Å². The van der Waals surface area contributed by atoms with Gasteiger partial charge < -0.3 is 10.6 Å². The van der Waals surface area contributed by atoms with Crippen molar-refractivity contribution in [2.45, 2.75) is 20.4 Å². The van der Waals surface area contributed by atoms with Crippen LogP contribution in [-0.2, 0) is 6.54 Å². The van der Waals surface area contributed by atoms with Gasteiger partial charge in [0, 0.05) is 23.5 Å². The lowest BCUT2D eigenvalue weighted by molar-refractivity contribution is 0.102. The minimum Gasteiger partial charge on any atom is -0.381 e. The molecule has 3 aromatic rings. The van der Waals surface area contributed by atoms with Crippen LogP contribution in [0, 0.1) is 19.8 Å². The van der Waals surface area contributed by atoms with E-state index in [1.807, 2.05) is 55.5 Å². The number of hydrogen-bond acceptors (Lipinski definition) is 2. The summed E-state index contributed by atoms with van der Waals surface area (Å²) in [4.78, 5) is 12.4. The summed E-state index contributed by atoms with van der Waals surface area (Å²) in [5.41, 5.74) is 5.98. The molecule has 3 heteroatoms. The molecule has 0 aliphatic heterocycles. The number of carbonyl (C=O) groups excluding carboxylic acids is 1. The van der Waals surface area contributed by atoms with Crippen LogP contribution in [0.15, 0.2) is 84.9 Å². The summed E-state index contributed by atoms with van der Waals surface area (Å²) >= 11 is 0. The number of rotatable bonds is 6. The Labute approximate surface area is 173 Å². The van der Waals surface area contributed by atoms with E-state index < -0.39 is 0 Å². The maximum absolute atomic E-state index is 12.4. The molecule has 0 atom stereocenters. The predicted molar refractivity (Wildman–Crippen MR) is 122 cm³/mol. The third-order valence-electron chi connectivity index (χ3n) is 4.36. The van der Waals surface area contributed by atoms with E-state index in [1.165, 1.54) is 11.1 Å². The molecule has 0 heterocycles. The Morgan fingerprint density at radius 2 is 1.55 bits per heavy atom. The fraction of sp³-hybridized carbons (Fsp3) is 0.115. The normalized spacial score (nSPS) is 10.4. The first-order valence-electron chi connectivity index (χ1n) is 9.41. The molecule has 2 N–H and O–H groups in total. The average molecular weight is 383 g/mol. The van der Waals surface area contributed by atoms with E-state index in [2.05, 4.69) is 54.7 Å². The zero-order chi connectivity index (χ0) is 21.1. The minimum absolute atomic E-state index is 0.109. The maximum atomic E-state index is 12.4. The van der Waals surface area contributed by atoms with Gasteiger partial charge in [0.05, 0.1) is 0 Å². The minimum atomic E-state index is -0.109. The lowest BCUT2D eigenvalue weighted by atomic mass is 10.1. The fourth-order valence-electron chi connectivity index (χ4n) is 2.83. The molecule has 0 saturated heterocycles. The highest BCUT2D eigenvalue weighted by atomic mass is 16.1. The van der Waals surface area contributed by atoms with Crippen molar-refractivity contribution in [1.29, 1.82) is 0 Å². The van der Waals surface area contributed by atoms with Crippen LogP contribution < -0.4 is 10.6 Å². The van der Waals surface area contributed by atoms with Gasteiger partial charge in [0.15, 0.2) is 0 Å². The third kappa shape index (κ3) is 6.41. The number of terminal acetylenes is 1. The van der Waals surface area contributed by atoms with Crippen LogP contribution in [0.2, 0.25) is 0 Å². The number of nitrogens with one attached hydrogen (secondary N) is 2. The van der Waals surface area contributed by atoms with Crippen molar-refractivity contribution >= 4 is 17.3 Å². The molecule has 0 aliphatic rings. The van der Waals surface area contributed by atoms with Crippen LogP contribution in [0.1, 0.15) is 34.0 Å². The van der Waals surface area contributed by atoms with Crippen LogP contribution in [-0.4, -0.2) is 5.91 Å². The van der Waals surface area contributed by atoms with E-state index in [4.69, 9.17) is 0 Å². The molecule has 146 valence electrons. The van der Waals surface area contributed by atoms with Gasteiger partial charge in [0.25, 0.3) is 5.91 Å². The molecule has 3 nitrogen and oxygen atoms in total. The SMILES string of the molecule is C#C.C/C=C(\NCc1ccc(C)cc1)c1cccc(NC(=O)c2ccccc2)c1. The standard InChI is InChI=1S/C24H24N2O.C2H2/c1-3-23(25-17-19-14-12-18(2)13-15-19)21-10-7-11-22(16-21)26-24(27)20-8-5-4-6-9-20;1-2/h3-16,25H,17H2,1-2H3,(H,26,27);1-2H/b23-3-;. The van der Waals surface area contributed by atoms with E-state index in [0.29, 0.717) is 5.56 Å². The number of aryl methyl sites for hydroxylation is 1. The second-order valence-corrected chi connectivity index (χ2v) is 6.44. The molecule has 0 aromatic heterocycles. The fourth-order valence-corrected chi connectivity index (χ4v) is 2.83. The lowest BCUT2D eigenvalue weighted by Gasteiger charge is -2.13. The van der Waals surface area contributed by atoms with Gasteiger partial charge in [-0.2, -0.15) is 0 Å². The van der Waals surface area contributed by atoms with Crippen molar-refractivity contribution < 1.29 is 4.79 Å². The molecule has 1 amide bonds. The summed E-state index contributed by atoms with van der Waals surface area (Å²) in [6.45, 7) is 4.84. The summed E-state index contributed by atoms with van der Waals surface area (Å²) in [6.07, 6.45) is 10.0. The molecule has 0 fully saturated rings. The second-order valence-electron chi connectivity index (χ2n) is 6.44. The van der Waals surface area contributed by atoms with Gasteiger partial charge >= 0.3 is 0 Å². The van der Waals surface area contributed by atoms with Crippen LogP contribution in [0.5, 0.6) is 0 Å². The number of amides is 1. The van der Waals surface area contributed by atoms with Gasteiger partial charge in [-0.25, -0.2) is 0 Å². The van der Waals surface area contributed by atoms with E-state index in [9.17, 15) is 4.79 Å². The molecule has 3 rings (SSSR count). The maximum Gasteiger partial charge on any atom is 0.255 e. The highest BCUT2D eigenvalue weighted by molar-refractivity contribution is 6.04.